The van der Waals surface area contributed by atoms with Gasteiger partial charge in [0.25, 0.3) is 5.91 Å². The van der Waals surface area contributed by atoms with Crippen molar-refractivity contribution in [1.29, 1.82) is 5.26 Å². The number of nitriles is 1. The molecule has 0 fully saturated rings. The van der Waals surface area contributed by atoms with E-state index in [9.17, 15) is 9.18 Å². The van der Waals surface area contributed by atoms with Gasteiger partial charge in [-0.3, -0.25) is 9.78 Å². The number of aromatic nitrogens is 3. The molecular weight excluding hydrogens is 383 g/mol. The number of pyridine rings is 1. The summed E-state index contributed by atoms with van der Waals surface area (Å²) >= 11 is 0. The zero-order valence-corrected chi connectivity index (χ0v) is 16.3. The van der Waals surface area contributed by atoms with Crippen LogP contribution in [0.25, 0.3) is 0 Å². The van der Waals surface area contributed by atoms with E-state index in [2.05, 4.69) is 15.3 Å². The first-order valence-corrected chi connectivity index (χ1v) is 9.62. The molecule has 7 nitrogen and oxygen atoms in total. The van der Waals surface area contributed by atoms with Crippen LogP contribution in [0, 0.1) is 17.1 Å². The van der Waals surface area contributed by atoms with E-state index >= 15 is 0 Å². The molecule has 1 aliphatic heterocycles. The highest BCUT2D eigenvalue weighted by molar-refractivity contribution is 5.94. The van der Waals surface area contributed by atoms with Crippen LogP contribution in [0.3, 0.4) is 0 Å². The van der Waals surface area contributed by atoms with E-state index in [1.54, 1.807) is 12.3 Å². The smallest absolute Gasteiger partial charge is 0.251 e. The number of nitrogens with zero attached hydrogens (tertiary/aromatic N) is 5. The van der Waals surface area contributed by atoms with Gasteiger partial charge in [0, 0.05) is 18.3 Å². The molecule has 0 bridgehead atoms. The molecule has 0 radical (unpaired) electrons. The largest absolute Gasteiger partial charge is 0.344 e. The Morgan fingerprint density at radius 1 is 1.20 bits per heavy atom. The third-order valence-corrected chi connectivity index (χ3v) is 4.97. The van der Waals surface area contributed by atoms with Gasteiger partial charge in [0.1, 0.15) is 17.7 Å². The molecule has 0 aliphatic carbocycles. The first-order valence-electron chi connectivity index (χ1n) is 9.62. The molecule has 3 heterocycles. The van der Waals surface area contributed by atoms with E-state index in [1.807, 2.05) is 30.0 Å². The lowest BCUT2D eigenvalue weighted by Gasteiger charge is -2.30. The van der Waals surface area contributed by atoms with Crippen molar-refractivity contribution >= 4 is 17.4 Å². The maximum absolute atomic E-state index is 13.1. The number of anilines is 2. The van der Waals surface area contributed by atoms with E-state index < -0.39 is 0 Å². The molecule has 0 saturated heterocycles. The molecule has 0 spiro atoms. The van der Waals surface area contributed by atoms with Crippen molar-refractivity contribution in [2.45, 2.75) is 25.8 Å². The molecule has 1 aliphatic rings. The van der Waals surface area contributed by atoms with Gasteiger partial charge in [-0.1, -0.05) is 0 Å². The topological polar surface area (TPSA) is 94.8 Å². The van der Waals surface area contributed by atoms with Crippen LogP contribution in [0.4, 0.5) is 15.9 Å². The second-order valence-electron chi connectivity index (χ2n) is 7.01. The molecule has 0 saturated carbocycles. The lowest BCUT2D eigenvalue weighted by atomic mass is 10.1. The summed E-state index contributed by atoms with van der Waals surface area (Å²) in [6.45, 7) is 2.63. The SMILES string of the molecule is CC(NC(=O)c1ccc(F)cc1)c1ccc2c(n1)CCCN2c1ccnc(C#N)n1. The summed E-state index contributed by atoms with van der Waals surface area (Å²) in [7, 11) is 0. The highest BCUT2D eigenvalue weighted by Gasteiger charge is 2.22. The summed E-state index contributed by atoms with van der Waals surface area (Å²) in [6, 6.07) is 12.7. The van der Waals surface area contributed by atoms with Crippen molar-refractivity contribution in [2.75, 3.05) is 11.4 Å². The van der Waals surface area contributed by atoms with Crippen LogP contribution in [-0.2, 0) is 6.42 Å². The quantitative estimate of drug-likeness (QED) is 0.718. The van der Waals surface area contributed by atoms with Crippen LogP contribution in [0.1, 0.15) is 47.0 Å². The van der Waals surface area contributed by atoms with Crippen molar-refractivity contribution < 1.29 is 9.18 Å². The number of rotatable bonds is 4. The van der Waals surface area contributed by atoms with Gasteiger partial charge in [0.15, 0.2) is 0 Å². The van der Waals surface area contributed by atoms with Crippen molar-refractivity contribution in [3.63, 3.8) is 0 Å². The van der Waals surface area contributed by atoms with E-state index in [0.29, 0.717) is 11.4 Å². The highest BCUT2D eigenvalue weighted by atomic mass is 19.1. The van der Waals surface area contributed by atoms with Crippen molar-refractivity contribution in [1.82, 2.24) is 20.3 Å². The van der Waals surface area contributed by atoms with Gasteiger partial charge in [-0.05, 0) is 62.2 Å². The Kier molecular flexibility index (Phi) is 5.35. The van der Waals surface area contributed by atoms with E-state index in [1.165, 1.54) is 24.3 Å². The molecule has 150 valence electrons. The summed E-state index contributed by atoms with van der Waals surface area (Å²) in [6.07, 6.45) is 3.28. The fourth-order valence-corrected chi connectivity index (χ4v) is 3.45. The van der Waals surface area contributed by atoms with Gasteiger partial charge in [-0.15, -0.1) is 0 Å². The average molecular weight is 402 g/mol. The number of benzene rings is 1. The fraction of sp³-hybridized carbons (Fsp3) is 0.227. The zero-order valence-electron chi connectivity index (χ0n) is 16.3. The summed E-state index contributed by atoms with van der Waals surface area (Å²) in [5, 5.41) is 12.0. The van der Waals surface area contributed by atoms with Gasteiger partial charge in [-0.25, -0.2) is 14.4 Å². The molecule has 8 heteroatoms. The summed E-state index contributed by atoms with van der Waals surface area (Å²) < 4.78 is 13.1. The van der Waals surface area contributed by atoms with E-state index in [-0.39, 0.29) is 23.6 Å². The van der Waals surface area contributed by atoms with Crippen LogP contribution in [0.2, 0.25) is 0 Å². The van der Waals surface area contributed by atoms with Crippen LogP contribution in [0.5, 0.6) is 0 Å². The van der Waals surface area contributed by atoms with E-state index in [4.69, 9.17) is 10.2 Å². The minimum atomic E-state index is -0.383. The third kappa shape index (κ3) is 3.96. The number of halogens is 1. The predicted octanol–water partition coefficient (Wildman–Crippen LogP) is 3.46. The molecule has 4 rings (SSSR count). The van der Waals surface area contributed by atoms with E-state index in [0.717, 1.165) is 36.5 Å². The number of hydrogen-bond acceptors (Lipinski definition) is 6. The van der Waals surface area contributed by atoms with Gasteiger partial charge >= 0.3 is 0 Å². The first kappa shape index (κ1) is 19.5. The molecule has 1 N–H and O–H groups in total. The maximum Gasteiger partial charge on any atom is 0.251 e. The summed E-state index contributed by atoms with van der Waals surface area (Å²) in [5.41, 5.74) is 2.99. The lowest BCUT2D eigenvalue weighted by Crippen LogP contribution is -2.29. The Hall–Kier alpha value is -3.86. The minimum absolute atomic E-state index is 0.126. The first-order chi connectivity index (χ1) is 14.5. The van der Waals surface area contributed by atoms with Crippen LogP contribution >= 0.6 is 0 Å². The predicted molar refractivity (Wildman–Crippen MR) is 109 cm³/mol. The van der Waals surface area contributed by atoms with Gasteiger partial charge < -0.3 is 10.2 Å². The number of nitrogens with one attached hydrogen (secondary N) is 1. The molecule has 1 amide bonds. The Bertz CT molecular complexity index is 1130. The molecule has 3 aromatic rings. The second-order valence-corrected chi connectivity index (χ2v) is 7.01. The molecular formula is C22H19FN6O. The number of hydrogen-bond donors (Lipinski definition) is 1. The van der Waals surface area contributed by atoms with Crippen LogP contribution in [0.15, 0.2) is 48.7 Å². The van der Waals surface area contributed by atoms with Crippen LogP contribution < -0.4 is 10.2 Å². The number of carbonyl (C=O) groups is 1. The second kappa shape index (κ2) is 8.25. The molecule has 1 atom stereocenters. The van der Waals surface area contributed by atoms with Crippen molar-refractivity contribution in [3.8, 4) is 6.07 Å². The number of carbonyl (C=O) groups excluding carboxylic acids is 1. The standard InChI is InChI=1S/C22H19FN6O/c1-14(26-22(30)15-4-6-16(23)7-5-15)17-8-9-19-18(27-17)3-2-12-29(19)21-10-11-25-20(13-24)28-21/h4-11,14H,2-3,12H2,1H3,(H,26,30). The Morgan fingerprint density at radius 3 is 2.77 bits per heavy atom. The molecule has 2 aromatic heterocycles. The van der Waals surface area contributed by atoms with Crippen LogP contribution in [-0.4, -0.2) is 27.4 Å². The maximum atomic E-state index is 13.1. The normalized spacial score (nSPS) is 13.8. The minimum Gasteiger partial charge on any atom is -0.344 e. The highest BCUT2D eigenvalue weighted by Crippen LogP contribution is 2.32. The van der Waals surface area contributed by atoms with Crippen molar-refractivity contribution in [2.24, 2.45) is 0 Å². The van der Waals surface area contributed by atoms with Gasteiger partial charge in [0.2, 0.25) is 5.82 Å². The monoisotopic (exact) mass is 402 g/mol. The average Bonchev–Trinajstić information content (AvgIpc) is 2.78. The zero-order chi connectivity index (χ0) is 21.1. The van der Waals surface area contributed by atoms with Crippen molar-refractivity contribution in [3.05, 3.63) is 77.3 Å². The molecule has 30 heavy (non-hydrogen) atoms. The third-order valence-electron chi connectivity index (χ3n) is 4.97. The van der Waals surface area contributed by atoms with Gasteiger partial charge in [-0.2, -0.15) is 5.26 Å². The molecule has 1 unspecified atom stereocenters. The van der Waals surface area contributed by atoms with Gasteiger partial charge in [0.05, 0.1) is 23.1 Å². The Balaban J connectivity index is 1.55. The summed E-state index contributed by atoms with van der Waals surface area (Å²) in [4.78, 5) is 27.4. The number of aryl methyl sites for hydroxylation is 1. The fourth-order valence-electron chi connectivity index (χ4n) is 3.45. The summed E-state index contributed by atoms with van der Waals surface area (Å²) in [5.74, 6) is 0.121. The molecule has 1 aromatic carbocycles. The Labute approximate surface area is 173 Å². The lowest BCUT2D eigenvalue weighted by molar-refractivity contribution is 0.0939. The number of fused-ring (bicyclic) bond motifs is 1. The number of amides is 1. The Morgan fingerprint density at radius 2 is 2.00 bits per heavy atom.